The van der Waals surface area contributed by atoms with E-state index in [0.29, 0.717) is 60.9 Å². The van der Waals surface area contributed by atoms with Crippen LogP contribution in [0.2, 0.25) is 0 Å². The fraction of sp³-hybridized carbons (Fsp3) is 0.333. The first-order valence-corrected chi connectivity index (χ1v) is 14.0. The number of fused-ring (bicyclic) bond motifs is 1. The zero-order chi connectivity index (χ0) is 28.5. The van der Waals surface area contributed by atoms with Crippen molar-refractivity contribution in [1.29, 1.82) is 5.26 Å². The first kappa shape index (κ1) is 28.9. The second-order valence-electron chi connectivity index (χ2n) is 9.42. The number of piperidine rings is 1. The molecule has 0 bridgehead atoms. The quantitative estimate of drug-likeness (QED) is 0.220. The van der Waals surface area contributed by atoms with Crippen LogP contribution in [0.15, 0.2) is 59.2 Å². The molecule has 1 aliphatic heterocycles. The summed E-state index contributed by atoms with van der Waals surface area (Å²) >= 11 is 3.48. The molecule has 3 aromatic rings. The van der Waals surface area contributed by atoms with Gasteiger partial charge in [-0.3, -0.25) is 14.6 Å². The fourth-order valence-electron chi connectivity index (χ4n) is 4.70. The van der Waals surface area contributed by atoms with E-state index in [-0.39, 0.29) is 17.8 Å². The van der Waals surface area contributed by atoms with Gasteiger partial charge in [-0.2, -0.15) is 5.26 Å². The van der Waals surface area contributed by atoms with Crippen LogP contribution in [0.25, 0.3) is 10.9 Å². The highest BCUT2D eigenvalue weighted by atomic mass is 79.9. The number of ether oxygens (including phenoxy) is 2. The van der Waals surface area contributed by atoms with Crippen molar-refractivity contribution in [2.24, 2.45) is 5.92 Å². The number of carbonyl (C=O) groups is 2. The molecule has 2 aromatic carbocycles. The first-order chi connectivity index (χ1) is 19.4. The van der Waals surface area contributed by atoms with Crippen LogP contribution in [0, 0.1) is 17.2 Å². The third-order valence-corrected chi connectivity index (χ3v) is 7.25. The number of rotatable bonds is 10. The average Bonchev–Trinajstić information content (AvgIpc) is 2.95. The number of amides is 1. The summed E-state index contributed by atoms with van der Waals surface area (Å²) in [4.78, 5) is 30.7. The summed E-state index contributed by atoms with van der Waals surface area (Å²) < 4.78 is 11.5. The maximum absolute atomic E-state index is 12.7. The van der Waals surface area contributed by atoms with Crippen molar-refractivity contribution >= 4 is 55.8 Å². The van der Waals surface area contributed by atoms with Crippen LogP contribution in [0.4, 0.5) is 17.1 Å². The van der Waals surface area contributed by atoms with Gasteiger partial charge in [0.1, 0.15) is 11.8 Å². The van der Waals surface area contributed by atoms with E-state index in [0.717, 1.165) is 28.4 Å². The molecule has 0 unspecified atom stereocenters. The number of nitrogens with zero attached hydrogens (tertiary/aromatic N) is 3. The molecule has 1 aromatic heterocycles. The number of nitriles is 1. The number of halogens is 1. The number of aromatic nitrogens is 1. The molecule has 1 aliphatic rings. The molecule has 4 rings (SSSR count). The summed E-state index contributed by atoms with van der Waals surface area (Å²) in [5.41, 5.74) is 3.28. The van der Waals surface area contributed by atoms with Gasteiger partial charge in [-0.15, -0.1) is 0 Å². The van der Waals surface area contributed by atoms with E-state index in [9.17, 15) is 14.9 Å². The van der Waals surface area contributed by atoms with Gasteiger partial charge < -0.3 is 25.0 Å². The molecule has 0 radical (unpaired) electrons. The molecule has 0 atom stereocenters. The number of pyridine rings is 1. The zero-order valence-corrected chi connectivity index (χ0v) is 24.2. The standard InChI is InChI=1S/C30H32BrN5O4/c1-3-40-29(38)14-20-9-12-36(13-10-20)28(37)8-5-11-33-26-16-24-25(17-27(26)39-2)34-19-21(18-32)30(24)35-23-7-4-6-22(31)15-23/h4-8,15-17,19-20,33H,3,9-14H2,1-2H3,(H,34,35). The van der Waals surface area contributed by atoms with Gasteiger partial charge in [0.2, 0.25) is 5.91 Å². The SMILES string of the molecule is CCOC(=O)CC1CCN(C(=O)C=CCNc2cc3c(Nc4cccc(Br)c4)c(C#N)cnc3cc2OC)CC1. The number of methoxy groups -OCH3 is 1. The zero-order valence-electron chi connectivity index (χ0n) is 22.6. The minimum absolute atomic E-state index is 0.0507. The fourth-order valence-corrected chi connectivity index (χ4v) is 5.10. The Bertz CT molecular complexity index is 1440. The first-order valence-electron chi connectivity index (χ1n) is 13.2. The molecule has 0 saturated carbocycles. The number of esters is 1. The highest BCUT2D eigenvalue weighted by Crippen LogP contribution is 2.36. The van der Waals surface area contributed by atoms with Crippen molar-refractivity contribution in [3.8, 4) is 11.8 Å². The Kier molecular flexibility index (Phi) is 9.97. The Morgan fingerprint density at radius 3 is 2.75 bits per heavy atom. The molecule has 1 saturated heterocycles. The summed E-state index contributed by atoms with van der Waals surface area (Å²) in [6.07, 6.45) is 6.89. The minimum Gasteiger partial charge on any atom is -0.495 e. The topological polar surface area (TPSA) is 117 Å². The Balaban J connectivity index is 1.43. The highest BCUT2D eigenvalue weighted by molar-refractivity contribution is 9.10. The van der Waals surface area contributed by atoms with E-state index >= 15 is 0 Å². The largest absolute Gasteiger partial charge is 0.495 e. The molecule has 208 valence electrons. The molecular formula is C30H32BrN5O4. The minimum atomic E-state index is -0.168. The Morgan fingerprint density at radius 1 is 1.25 bits per heavy atom. The second kappa shape index (κ2) is 13.8. The summed E-state index contributed by atoms with van der Waals surface area (Å²) in [5, 5.41) is 17.2. The molecular weight excluding hydrogens is 574 g/mol. The van der Waals surface area contributed by atoms with Crippen LogP contribution in [0.1, 0.15) is 31.7 Å². The van der Waals surface area contributed by atoms with Crippen LogP contribution >= 0.6 is 15.9 Å². The molecule has 0 aliphatic carbocycles. The number of anilines is 3. The van der Waals surface area contributed by atoms with Gasteiger partial charge in [-0.25, -0.2) is 0 Å². The number of hydrogen-bond acceptors (Lipinski definition) is 8. The van der Waals surface area contributed by atoms with Crippen molar-refractivity contribution in [2.75, 3.05) is 44.0 Å². The van der Waals surface area contributed by atoms with Crippen molar-refractivity contribution in [1.82, 2.24) is 9.88 Å². The van der Waals surface area contributed by atoms with Crippen molar-refractivity contribution < 1.29 is 19.1 Å². The molecule has 0 spiro atoms. The predicted molar refractivity (Wildman–Crippen MR) is 159 cm³/mol. The smallest absolute Gasteiger partial charge is 0.306 e. The Morgan fingerprint density at radius 2 is 2.05 bits per heavy atom. The normalized spacial score (nSPS) is 13.7. The van der Waals surface area contributed by atoms with Crippen LogP contribution in [0.5, 0.6) is 5.75 Å². The lowest BCUT2D eigenvalue weighted by molar-refractivity contribution is -0.144. The van der Waals surface area contributed by atoms with Crippen molar-refractivity contribution in [3.05, 3.63) is 64.8 Å². The maximum atomic E-state index is 12.7. The second-order valence-corrected chi connectivity index (χ2v) is 10.3. The number of benzene rings is 2. The molecule has 2 heterocycles. The van der Waals surface area contributed by atoms with Crippen LogP contribution < -0.4 is 15.4 Å². The van der Waals surface area contributed by atoms with Gasteiger partial charge in [0.25, 0.3) is 0 Å². The molecule has 40 heavy (non-hydrogen) atoms. The number of likely N-dealkylation sites (tertiary alicyclic amines) is 1. The third kappa shape index (κ3) is 7.30. The number of hydrogen-bond donors (Lipinski definition) is 2. The van der Waals surface area contributed by atoms with Crippen molar-refractivity contribution in [3.63, 3.8) is 0 Å². The Labute approximate surface area is 242 Å². The van der Waals surface area contributed by atoms with Gasteiger partial charge in [0, 0.05) is 59.9 Å². The molecule has 1 amide bonds. The van der Waals surface area contributed by atoms with E-state index in [1.54, 1.807) is 32.4 Å². The van der Waals surface area contributed by atoms with E-state index < -0.39 is 0 Å². The Hall–Kier alpha value is -4.10. The number of nitrogens with one attached hydrogen (secondary N) is 2. The highest BCUT2D eigenvalue weighted by Gasteiger charge is 2.23. The maximum Gasteiger partial charge on any atom is 0.306 e. The van der Waals surface area contributed by atoms with Gasteiger partial charge in [0.15, 0.2) is 0 Å². The summed E-state index contributed by atoms with van der Waals surface area (Å²) in [5.74, 6) is 0.637. The monoisotopic (exact) mass is 605 g/mol. The van der Waals surface area contributed by atoms with E-state index in [2.05, 4.69) is 37.6 Å². The van der Waals surface area contributed by atoms with Gasteiger partial charge in [0.05, 0.1) is 36.2 Å². The van der Waals surface area contributed by atoms with Crippen LogP contribution in [0.3, 0.4) is 0 Å². The van der Waals surface area contributed by atoms with Crippen LogP contribution in [-0.4, -0.2) is 55.1 Å². The lowest BCUT2D eigenvalue weighted by Crippen LogP contribution is -2.38. The van der Waals surface area contributed by atoms with E-state index in [1.165, 1.54) is 0 Å². The number of carbonyl (C=O) groups excluding carboxylic acids is 2. The molecule has 1 fully saturated rings. The third-order valence-electron chi connectivity index (χ3n) is 6.76. The molecule has 2 N–H and O–H groups in total. The lowest BCUT2D eigenvalue weighted by atomic mass is 9.93. The van der Waals surface area contributed by atoms with E-state index in [1.807, 2.05) is 41.3 Å². The van der Waals surface area contributed by atoms with Gasteiger partial charge in [-0.1, -0.05) is 28.1 Å². The molecule has 9 nitrogen and oxygen atoms in total. The van der Waals surface area contributed by atoms with Gasteiger partial charge >= 0.3 is 5.97 Å². The van der Waals surface area contributed by atoms with E-state index in [4.69, 9.17) is 9.47 Å². The summed E-state index contributed by atoms with van der Waals surface area (Å²) in [6.45, 7) is 3.84. The van der Waals surface area contributed by atoms with Crippen LogP contribution in [-0.2, 0) is 14.3 Å². The average molecular weight is 607 g/mol. The van der Waals surface area contributed by atoms with Crippen molar-refractivity contribution in [2.45, 2.75) is 26.2 Å². The lowest BCUT2D eigenvalue weighted by Gasteiger charge is -2.30. The summed E-state index contributed by atoms with van der Waals surface area (Å²) in [7, 11) is 1.58. The van der Waals surface area contributed by atoms with Gasteiger partial charge in [-0.05, 0) is 49.9 Å². The predicted octanol–water partition coefficient (Wildman–Crippen LogP) is 5.78. The summed E-state index contributed by atoms with van der Waals surface area (Å²) in [6, 6.07) is 13.6. The molecule has 10 heteroatoms.